The van der Waals surface area contributed by atoms with Crippen molar-refractivity contribution in [3.63, 3.8) is 0 Å². The summed E-state index contributed by atoms with van der Waals surface area (Å²) in [7, 11) is 6.93. The molecule has 0 saturated carbocycles. The average Bonchev–Trinajstić information content (AvgIpc) is 2.57. The van der Waals surface area contributed by atoms with Crippen LogP contribution in [0.25, 0.3) is 0 Å². The van der Waals surface area contributed by atoms with Crippen LogP contribution in [0.2, 0.25) is 0 Å². The van der Waals surface area contributed by atoms with Crippen molar-refractivity contribution in [2.75, 3.05) is 7.05 Å². The molecule has 5 nitrogen and oxygen atoms in total. The molecule has 0 unspecified atom stereocenters. The summed E-state index contributed by atoms with van der Waals surface area (Å²) in [5.74, 6) is -1.65. The number of likely N-dealkylation sites (N-methyl/N-ethyl adjacent to an activating group) is 1. The zero-order chi connectivity index (χ0) is 11.4. The number of carbonyl (C=O) groups is 2. The lowest BCUT2D eigenvalue weighted by Gasteiger charge is -2.16. The maximum absolute atomic E-state index is 11.2. The Bertz CT molecular complexity index is 258. The van der Waals surface area contributed by atoms with Gasteiger partial charge in [0.25, 0.3) is 0 Å². The molecule has 1 aliphatic rings. The summed E-state index contributed by atoms with van der Waals surface area (Å²) in [6.45, 7) is 1.91. The molecule has 3 atom stereocenters. The second-order valence-corrected chi connectivity index (χ2v) is 3.38. The largest absolute Gasteiger partial charge is 0.452 e. The Kier molecular flexibility index (Phi) is 4.14. The van der Waals surface area contributed by atoms with Crippen LogP contribution >= 0.6 is 0 Å². The summed E-state index contributed by atoms with van der Waals surface area (Å²) in [5.41, 5.74) is 0. The second-order valence-electron chi connectivity index (χ2n) is 3.38. The zero-order valence-electron chi connectivity index (χ0n) is 8.86. The predicted octanol–water partition coefficient (Wildman–Crippen LogP) is -0.662. The standard InChI is InChI=1S/C9H14BNO4/c1-3-5-6(4-7(10)14-5)15-9(13)8(12)11-2/h5-7H,3-4H2,1-2H3,(H,11,12)/t5-,6-,7-/m1/s1. The molecular weight excluding hydrogens is 197 g/mol. The van der Waals surface area contributed by atoms with Crippen LogP contribution in [0.15, 0.2) is 0 Å². The van der Waals surface area contributed by atoms with E-state index in [1.807, 2.05) is 6.92 Å². The quantitative estimate of drug-likeness (QED) is 0.374. The first-order chi connectivity index (χ1) is 7.08. The van der Waals surface area contributed by atoms with E-state index in [0.29, 0.717) is 12.8 Å². The van der Waals surface area contributed by atoms with E-state index in [2.05, 4.69) is 5.32 Å². The van der Waals surface area contributed by atoms with E-state index in [-0.39, 0.29) is 6.10 Å². The van der Waals surface area contributed by atoms with Crippen molar-refractivity contribution in [3.05, 3.63) is 0 Å². The van der Waals surface area contributed by atoms with E-state index in [0.717, 1.165) is 0 Å². The van der Waals surface area contributed by atoms with Crippen molar-refractivity contribution in [1.29, 1.82) is 0 Å². The molecule has 2 radical (unpaired) electrons. The molecule has 1 rings (SSSR count). The lowest BCUT2D eigenvalue weighted by Crippen LogP contribution is -2.35. The first-order valence-corrected chi connectivity index (χ1v) is 4.92. The summed E-state index contributed by atoms with van der Waals surface area (Å²) < 4.78 is 10.3. The number of amides is 1. The Morgan fingerprint density at radius 1 is 1.60 bits per heavy atom. The fourth-order valence-electron chi connectivity index (χ4n) is 1.52. The van der Waals surface area contributed by atoms with Crippen LogP contribution in [-0.2, 0) is 19.1 Å². The van der Waals surface area contributed by atoms with E-state index in [9.17, 15) is 9.59 Å². The molecule has 15 heavy (non-hydrogen) atoms. The molecule has 0 aromatic rings. The van der Waals surface area contributed by atoms with E-state index >= 15 is 0 Å². The Balaban J connectivity index is 2.50. The summed E-state index contributed by atoms with van der Waals surface area (Å²) in [4.78, 5) is 22.1. The van der Waals surface area contributed by atoms with Gasteiger partial charge in [0.05, 0.1) is 6.10 Å². The van der Waals surface area contributed by atoms with Gasteiger partial charge in [-0.15, -0.1) is 0 Å². The van der Waals surface area contributed by atoms with Crippen molar-refractivity contribution in [2.24, 2.45) is 0 Å². The van der Waals surface area contributed by atoms with E-state index in [1.165, 1.54) is 7.05 Å². The van der Waals surface area contributed by atoms with Crippen molar-refractivity contribution in [1.82, 2.24) is 5.32 Å². The second kappa shape index (κ2) is 5.16. The normalized spacial score (nSPS) is 29.9. The minimum Gasteiger partial charge on any atom is -0.452 e. The van der Waals surface area contributed by atoms with Gasteiger partial charge in [-0.05, 0) is 6.42 Å². The molecule has 1 aliphatic heterocycles. The third-order valence-electron chi connectivity index (χ3n) is 2.30. The van der Waals surface area contributed by atoms with Crippen molar-refractivity contribution in [3.8, 4) is 0 Å². The van der Waals surface area contributed by atoms with Gasteiger partial charge in [0, 0.05) is 19.5 Å². The Morgan fingerprint density at radius 2 is 2.27 bits per heavy atom. The fourth-order valence-corrected chi connectivity index (χ4v) is 1.52. The Hall–Kier alpha value is -1.04. The molecule has 1 fully saturated rings. The monoisotopic (exact) mass is 211 g/mol. The molecule has 1 amide bonds. The molecule has 0 aromatic heterocycles. The Labute approximate surface area is 89.9 Å². The van der Waals surface area contributed by atoms with Gasteiger partial charge in [-0.3, -0.25) is 4.79 Å². The van der Waals surface area contributed by atoms with Crippen LogP contribution < -0.4 is 5.32 Å². The van der Waals surface area contributed by atoms with Crippen LogP contribution in [0, 0.1) is 0 Å². The van der Waals surface area contributed by atoms with Crippen LogP contribution in [0.1, 0.15) is 19.8 Å². The SMILES string of the molecule is [B][C@H]1C[C@@H](OC(=O)C(=O)NC)[C@@H](CC)O1. The number of carbonyl (C=O) groups excluding carboxylic acids is 2. The Morgan fingerprint density at radius 3 is 2.80 bits per heavy atom. The molecule has 0 aliphatic carbocycles. The molecule has 6 heteroatoms. The first kappa shape index (κ1) is 12.0. The molecule has 1 N–H and O–H groups in total. The van der Waals surface area contributed by atoms with E-state index in [1.54, 1.807) is 0 Å². The number of hydrogen-bond donors (Lipinski definition) is 1. The zero-order valence-corrected chi connectivity index (χ0v) is 8.86. The maximum atomic E-state index is 11.2. The van der Waals surface area contributed by atoms with Gasteiger partial charge in [-0.1, -0.05) is 6.92 Å². The van der Waals surface area contributed by atoms with Gasteiger partial charge < -0.3 is 14.8 Å². The number of esters is 1. The topological polar surface area (TPSA) is 64.6 Å². The van der Waals surface area contributed by atoms with Crippen molar-refractivity contribution < 1.29 is 19.1 Å². The number of hydrogen-bond acceptors (Lipinski definition) is 4. The van der Waals surface area contributed by atoms with Gasteiger partial charge in [-0.2, -0.15) is 0 Å². The molecular formula is C9H14BNO4. The smallest absolute Gasteiger partial charge is 0.397 e. The van der Waals surface area contributed by atoms with Crippen LogP contribution in [0.5, 0.6) is 0 Å². The molecule has 0 spiro atoms. The van der Waals surface area contributed by atoms with Crippen LogP contribution in [0.4, 0.5) is 0 Å². The predicted molar refractivity (Wildman–Crippen MR) is 53.3 cm³/mol. The highest BCUT2D eigenvalue weighted by molar-refractivity contribution is 6.32. The average molecular weight is 211 g/mol. The van der Waals surface area contributed by atoms with Crippen molar-refractivity contribution in [2.45, 2.75) is 38.0 Å². The van der Waals surface area contributed by atoms with Crippen LogP contribution in [-0.4, -0.2) is 45.0 Å². The summed E-state index contributed by atoms with van der Waals surface area (Å²) >= 11 is 0. The molecule has 0 bridgehead atoms. The maximum Gasteiger partial charge on any atom is 0.397 e. The number of nitrogens with one attached hydrogen (secondary N) is 1. The highest BCUT2D eigenvalue weighted by atomic mass is 16.6. The first-order valence-electron chi connectivity index (χ1n) is 4.92. The number of ether oxygens (including phenoxy) is 2. The summed E-state index contributed by atoms with van der Waals surface area (Å²) in [5, 5.41) is 2.20. The van der Waals surface area contributed by atoms with Gasteiger partial charge >= 0.3 is 11.9 Å². The highest BCUT2D eigenvalue weighted by Gasteiger charge is 2.35. The van der Waals surface area contributed by atoms with E-state index in [4.69, 9.17) is 17.3 Å². The lowest BCUT2D eigenvalue weighted by atomic mass is 9.96. The third-order valence-corrected chi connectivity index (χ3v) is 2.30. The molecule has 82 valence electrons. The van der Waals surface area contributed by atoms with Gasteiger partial charge in [-0.25, -0.2) is 4.79 Å². The third kappa shape index (κ3) is 2.96. The molecule has 0 aromatic carbocycles. The lowest BCUT2D eigenvalue weighted by molar-refractivity contribution is -0.160. The highest BCUT2D eigenvalue weighted by Crippen LogP contribution is 2.23. The summed E-state index contributed by atoms with van der Waals surface area (Å²) in [6, 6.07) is -0.419. The van der Waals surface area contributed by atoms with Crippen LogP contribution in [0.3, 0.4) is 0 Å². The van der Waals surface area contributed by atoms with E-state index < -0.39 is 24.0 Å². The minimum absolute atomic E-state index is 0.214. The van der Waals surface area contributed by atoms with Gasteiger partial charge in [0.2, 0.25) is 0 Å². The van der Waals surface area contributed by atoms with Gasteiger partial charge in [0.1, 0.15) is 14.0 Å². The molecule has 1 saturated heterocycles. The minimum atomic E-state index is -0.890. The summed E-state index contributed by atoms with van der Waals surface area (Å²) in [6.07, 6.45) is 0.490. The van der Waals surface area contributed by atoms with Gasteiger partial charge in [0.15, 0.2) is 0 Å². The molecule has 1 heterocycles. The van der Waals surface area contributed by atoms with Crippen molar-refractivity contribution >= 4 is 19.7 Å². The fraction of sp³-hybridized carbons (Fsp3) is 0.778. The number of rotatable bonds is 2.